The minimum Gasteiger partial charge on any atom is -0.380 e. The molecule has 0 saturated carbocycles. The number of hydrogen-bond acceptors (Lipinski definition) is 5. The third-order valence-corrected chi connectivity index (χ3v) is 7.72. The average Bonchev–Trinajstić information content (AvgIpc) is 3.33. The maximum absolute atomic E-state index is 13.5. The zero-order valence-corrected chi connectivity index (χ0v) is 19.8. The van der Waals surface area contributed by atoms with Gasteiger partial charge >= 0.3 is 0 Å². The number of aliphatic hydroxyl groups is 1. The molecule has 5 nitrogen and oxygen atoms in total. The minimum absolute atomic E-state index is 0.0445. The smallest absolute Gasteiger partial charge is 0.174 e. The highest BCUT2D eigenvalue weighted by Gasteiger charge is 2.58. The van der Waals surface area contributed by atoms with Gasteiger partial charge in [0.2, 0.25) is 0 Å². The van der Waals surface area contributed by atoms with Crippen molar-refractivity contribution in [1.29, 1.82) is 0 Å². The van der Waals surface area contributed by atoms with Gasteiger partial charge in [-0.25, -0.2) is 0 Å². The Morgan fingerprint density at radius 3 is 2.50 bits per heavy atom. The van der Waals surface area contributed by atoms with Gasteiger partial charge in [0.25, 0.3) is 0 Å². The molecule has 1 saturated heterocycles. The molecule has 0 unspecified atom stereocenters. The normalized spacial score (nSPS) is 29.2. The summed E-state index contributed by atoms with van der Waals surface area (Å²) in [6.07, 6.45) is 8.94. The summed E-state index contributed by atoms with van der Waals surface area (Å²) in [5.74, 6) is -0.122. The van der Waals surface area contributed by atoms with Crippen molar-refractivity contribution in [3.63, 3.8) is 0 Å². The van der Waals surface area contributed by atoms with Crippen molar-refractivity contribution in [2.45, 2.75) is 90.4 Å². The van der Waals surface area contributed by atoms with E-state index in [2.05, 4.69) is 6.92 Å². The SMILES string of the molecule is CCCCCCCCCC1=C(C)C(=O)[C@](C)(CN2c3ccccc3[C@]3(O)CCO[C@H]23)C1=O. The van der Waals surface area contributed by atoms with Crippen LogP contribution in [0.2, 0.25) is 0 Å². The number of para-hydroxylation sites is 1. The van der Waals surface area contributed by atoms with E-state index >= 15 is 0 Å². The second-order valence-corrected chi connectivity index (χ2v) is 10.0. The summed E-state index contributed by atoms with van der Waals surface area (Å²) in [6, 6.07) is 7.71. The van der Waals surface area contributed by atoms with Crippen LogP contribution in [-0.2, 0) is 19.9 Å². The summed E-state index contributed by atoms with van der Waals surface area (Å²) in [5, 5.41) is 11.3. The van der Waals surface area contributed by atoms with E-state index in [1.165, 1.54) is 32.1 Å². The summed E-state index contributed by atoms with van der Waals surface area (Å²) < 4.78 is 5.91. The Hall–Kier alpha value is -1.98. The van der Waals surface area contributed by atoms with E-state index in [-0.39, 0.29) is 18.1 Å². The number of fused-ring (bicyclic) bond motifs is 3. The van der Waals surface area contributed by atoms with Crippen LogP contribution in [0.5, 0.6) is 0 Å². The van der Waals surface area contributed by atoms with Crippen LogP contribution in [0.15, 0.2) is 35.4 Å². The lowest BCUT2D eigenvalue weighted by Crippen LogP contribution is -2.50. The first kappa shape index (κ1) is 23.2. The quantitative estimate of drug-likeness (QED) is 0.408. The molecule has 32 heavy (non-hydrogen) atoms. The monoisotopic (exact) mass is 439 g/mol. The van der Waals surface area contributed by atoms with E-state index in [0.29, 0.717) is 30.6 Å². The average molecular weight is 440 g/mol. The molecule has 0 aromatic heterocycles. The van der Waals surface area contributed by atoms with Crippen molar-refractivity contribution in [3.8, 4) is 0 Å². The Balaban J connectivity index is 1.46. The number of unbranched alkanes of at least 4 members (excludes halogenated alkanes) is 6. The molecule has 5 heteroatoms. The lowest BCUT2D eigenvalue weighted by Gasteiger charge is -2.34. The Labute approximate surface area is 191 Å². The third kappa shape index (κ3) is 3.73. The number of Topliss-reactive ketones (excluding diaryl/α,β-unsaturated/α-hetero) is 2. The van der Waals surface area contributed by atoms with E-state index < -0.39 is 17.2 Å². The lowest BCUT2D eigenvalue weighted by atomic mass is 9.82. The summed E-state index contributed by atoms with van der Waals surface area (Å²) in [7, 11) is 0. The molecule has 3 aliphatic rings. The van der Waals surface area contributed by atoms with Gasteiger partial charge in [0.15, 0.2) is 17.8 Å². The molecule has 0 amide bonds. The standard InChI is InChI=1S/C27H37NO4/c1-4-5-6-7-8-9-10-13-20-19(2)23(29)26(3,24(20)30)18-28-22-15-12-11-14-21(22)27(31)16-17-32-25(27)28/h11-12,14-15,25,31H,4-10,13,16-18H2,1-3H3/t25-,26-,27+/m0/s1. The minimum atomic E-state index is -1.13. The van der Waals surface area contributed by atoms with Gasteiger partial charge in [-0.15, -0.1) is 0 Å². The molecule has 2 aliphatic heterocycles. The molecule has 0 bridgehead atoms. The third-order valence-electron chi connectivity index (χ3n) is 7.72. The highest BCUT2D eigenvalue weighted by Crippen LogP contribution is 2.51. The van der Waals surface area contributed by atoms with Crippen molar-refractivity contribution in [2.24, 2.45) is 5.41 Å². The highest BCUT2D eigenvalue weighted by molar-refractivity contribution is 6.27. The number of ketones is 2. The van der Waals surface area contributed by atoms with E-state index in [9.17, 15) is 14.7 Å². The van der Waals surface area contributed by atoms with Crippen LogP contribution in [-0.4, -0.2) is 36.1 Å². The number of allylic oxidation sites excluding steroid dienone is 2. The van der Waals surface area contributed by atoms with Crippen LogP contribution in [0, 0.1) is 5.41 Å². The molecule has 0 spiro atoms. The van der Waals surface area contributed by atoms with Gasteiger partial charge in [-0.2, -0.15) is 0 Å². The number of rotatable bonds is 10. The second-order valence-electron chi connectivity index (χ2n) is 10.0. The molecule has 1 N–H and O–H groups in total. The van der Waals surface area contributed by atoms with Crippen molar-refractivity contribution in [2.75, 3.05) is 18.1 Å². The van der Waals surface area contributed by atoms with Crippen LogP contribution >= 0.6 is 0 Å². The van der Waals surface area contributed by atoms with Gasteiger partial charge in [0.1, 0.15) is 11.0 Å². The van der Waals surface area contributed by atoms with Gasteiger partial charge in [-0.3, -0.25) is 9.59 Å². The molecule has 174 valence electrons. The Kier molecular flexibility index (Phi) is 6.60. The van der Waals surface area contributed by atoms with E-state index in [1.807, 2.05) is 36.1 Å². The fourth-order valence-corrected chi connectivity index (χ4v) is 5.79. The van der Waals surface area contributed by atoms with Crippen LogP contribution in [0.25, 0.3) is 0 Å². The van der Waals surface area contributed by atoms with Crippen LogP contribution in [0.4, 0.5) is 5.69 Å². The number of carbonyl (C=O) groups excluding carboxylic acids is 2. The fourth-order valence-electron chi connectivity index (χ4n) is 5.79. The van der Waals surface area contributed by atoms with Crippen molar-refractivity contribution in [1.82, 2.24) is 0 Å². The van der Waals surface area contributed by atoms with E-state index in [4.69, 9.17) is 4.74 Å². The number of hydrogen-bond donors (Lipinski definition) is 1. The summed E-state index contributed by atoms with van der Waals surface area (Å²) in [4.78, 5) is 28.8. The number of ether oxygens (including phenoxy) is 1. The molecular weight excluding hydrogens is 402 g/mol. The van der Waals surface area contributed by atoms with Crippen molar-refractivity contribution < 1.29 is 19.4 Å². The largest absolute Gasteiger partial charge is 0.380 e. The lowest BCUT2D eigenvalue weighted by molar-refractivity contribution is -0.133. The summed E-state index contributed by atoms with van der Waals surface area (Å²) in [6.45, 7) is 6.49. The maximum Gasteiger partial charge on any atom is 0.174 e. The van der Waals surface area contributed by atoms with Crippen LogP contribution < -0.4 is 4.90 Å². The van der Waals surface area contributed by atoms with Crippen LogP contribution in [0.3, 0.4) is 0 Å². The molecule has 4 rings (SSSR count). The molecule has 3 atom stereocenters. The summed E-state index contributed by atoms with van der Waals surface area (Å²) >= 11 is 0. The Morgan fingerprint density at radius 2 is 1.75 bits per heavy atom. The first-order valence-corrected chi connectivity index (χ1v) is 12.3. The number of benzene rings is 1. The molecule has 0 radical (unpaired) electrons. The van der Waals surface area contributed by atoms with Crippen molar-refractivity contribution >= 4 is 17.3 Å². The maximum atomic E-state index is 13.5. The Bertz CT molecular complexity index is 922. The highest BCUT2D eigenvalue weighted by atomic mass is 16.5. The second kappa shape index (κ2) is 9.11. The van der Waals surface area contributed by atoms with Gasteiger partial charge in [0.05, 0.1) is 6.61 Å². The molecule has 1 aliphatic carbocycles. The molecular formula is C27H37NO4. The van der Waals surface area contributed by atoms with E-state index in [0.717, 1.165) is 24.1 Å². The zero-order chi connectivity index (χ0) is 22.9. The molecule has 1 aromatic rings. The van der Waals surface area contributed by atoms with E-state index in [1.54, 1.807) is 6.92 Å². The molecule has 2 heterocycles. The molecule has 1 aromatic carbocycles. The number of anilines is 1. The van der Waals surface area contributed by atoms with Gasteiger partial charge in [-0.05, 0) is 38.3 Å². The zero-order valence-electron chi connectivity index (χ0n) is 19.8. The predicted octanol–water partition coefficient (Wildman–Crippen LogP) is 5.06. The Morgan fingerprint density at radius 1 is 1.06 bits per heavy atom. The molecule has 1 fully saturated rings. The first-order chi connectivity index (χ1) is 15.3. The van der Waals surface area contributed by atoms with Crippen LogP contribution in [0.1, 0.15) is 84.1 Å². The van der Waals surface area contributed by atoms with Gasteiger partial charge in [-0.1, -0.05) is 63.6 Å². The van der Waals surface area contributed by atoms with Gasteiger partial charge in [0, 0.05) is 29.8 Å². The number of nitrogens with zero attached hydrogens (tertiary/aromatic N) is 1. The first-order valence-electron chi connectivity index (χ1n) is 12.3. The number of carbonyl (C=O) groups is 2. The fraction of sp³-hybridized carbons (Fsp3) is 0.630. The van der Waals surface area contributed by atoms with Crippen molar-refractivity contribution in [3.05, 3.63) is 41.0 Å². The van der Waals surface area contributed by atoms with Gasteiger partial charge < -0.3 is 14.7 Å². The summed E-state index contributed by atoms with van der Waals surface area (Å²) in [5.41, 5.74) is 0.808. The topological polar surface area (TPSA) is 66.8 Å². The predicted molar refractivity (Wildman–Crippen MR) is 125 cm³/mol.